The lowest BCUT2D eigenvalue weighted by Crippen LogP contribution is -2.42. The summed E-state index contributed by atoms with van der Waals surface area (Å²) in [4.78, 5) is 14.1. The van der Waals surface area contributed by atoms with Crippen LogP contribution in [0.1, 0.15) is 17.9 Å². The minimum Gasteiger partial charge on any atom is -0.341 e. The zero-order valence-electron chi connectivity index (χ0n) is 11.9. The minimum absolute atomic E-state index is 0. The van der Waals surface area contributed by atoms with E-state index >= 15 is 0 Å². The van der Waals surface area contributed by atoms with E-state index in [0.717, 1.165) is 5.56 Å². The van der Waals surface area contributed by atoms with Crippen LogP contribution in [0.25, 0.3) is 0 Å². The Balaban J connectivity index is 0.00000220. The second kappa shape index (κ2) is 7.24. The summed E-state index contributed by atoms with van der Waals surface area (Å²) in [5.41, 5.74) is 6.60. The van der Waals surface area contributed by atoms with E-state index in [-0.39, 0.29) is 42.4 Å². The molecule has 21 heavy (non-hydrogen) atoms. The maximum atomic E-state index is 12.5. The molecule has 0 radical (unpaired) electrons. The number of hydrogen-bond donors (Lipinski definition) is 1. The molecule has 1 aliphatic rings. The van der Waals surface area contributed by atoms with Crippen LogP contribution < -0.4 is 5.73 Å². The van der Waals surface area contributed by atoms with Crippen molar-refractivity contribution in [3.8, 4) is 0 Å². The highest BCUT2D eigenvalue weighted by molar-refractivity contribution is 7.91. The summed E-state index contributed by atoms with van der Waals surface area (Å²) in [7, 11) is -1.33. The highest BCUT2D eigenvalue weighted by Crippen LogP contribution is 2.22. The molecule has 2 unspecified atom stereocenters. The third-order valence-electron chi connectivity index (χ3n) is 3.84. The van der Waals surface area contributed by atoms with Crippen LogP contribution >= 0.6 is 12.4 Å². The van der Waals surface area contributed by atoms with Gasteiger partial charge in [0, 0.05) is 19.6 Å². The van der Waals surface area contributed by atoms with E-state index in [0.29, 0.717) is 6.42 Å². The van der Waals surface area contributed by atoms with Gasteiger partial charge in [0.05, 0.1) is 17.4 Å². The molecule has 7 heteroatoms. The lowest BCUT2D eigenvalue weighted by molar-refractivity contribution is -0.132. The van der Waals surface area contributed by atoms with Gasteiger partial charge in [0.15, 0.2) is 9.84 Å². The van der Waals surface area contributed by atoms with Crippen LogP contribution in [0.2, 0.25) is 0 Å². The smallest absolute Gasteiger partial charge is 0.231 e. The van der Waals surface area contributed by atoms with Crippen LogP contribution in [0.3, 0.4) is 0 Å². The molecule has 1 amide bonds. The Morgan fingerprint density at radius 3 is 2.48 bits per heavy atom. The van der Waals surface area contributed by atoms with Crippen molar-refractivity contribution in [2.75, 3.05) is 25.1 Å². The fraction of sp³-hybridized carbons (Fsp3) is 0.500. The molecule has 1 aliphatic heterocycles. The summed E-state index contributed by atoms with van der Waals surface area (Å²) in [6, 6.07) is 9.12. The molecule has 118 valence electrons. The van der Waals surface area contributed by atoms with Gasteiger partial charge in [0.1, 0.15) is 0 Å². The molecule has 0 spiro atoms. The molecule has 0 saturated carbocycles. The molecule has 1 aromatic rings. The summed E-state index contributed by atoms with van der Waals surface area (Å²) >= 11 is 0. The van der Waals surface area contributed by atoms with E-state index in [2.05, 4.69) is 0 Å². The van der Waals surface area contributed by atoms with Crippen LogP contribution in [0.4, 0.5) is 0 Å². The number of rotatable bonds is 4. The average Bonchev–Trinajstić information content (AvgIpc) is 2.80. The SMILES string of the molecule is CN(C(=O)C(CN)c1ccccc1)C1CCS(=O)(=O)C1.Cl. The van der Waals surface area contributed by atoms with Gasteiger partial charge in [-0.3, -0.25) is 4.79 Å². The van der Waals surface area contributed by atoms with Crippen LogP contribution in [-0.4, -0.2) is 50.4 Å². The molecule has 0 aliphatic carbocycles. The maximum Gasteiger partial charge on any atom is 0.231 e. The molecular weight excluding hydrogens is 312 g/mol. The monoisotopic (exact) mass is 332 g/mol. The van der Waals surface area contributed by atoms with Gasteiger partial charge in [0.25, 0.3) is 0 Å². The van der Waals surface area contributed by atoms with Crippen molar-refractivity contribution < 1.29 is 13.2 Å². The van der Waals surface area contributed by atoms with Gasteiger partial charge in [-0.25, -0.2) is 8.42 Å². The Kier molecular flexibility index (Phi) is 6.19. The number of carbonyl (C=O) groups is 1. The summed E-state index contributed by atoms with van der Waals surface area (Å²) < 4.78 is 23.0. The number of hydrogen-bond acceptors (Lipinski definition) is 4. The van der Waals surface area contributed by atoms with Crippen molar-refractivity contribution in [2.45, 2.75) is 18.4 Å². The van der Waals surface area contributed by atoms with Gasteiger partial charge in [-0.15, -0.1) is 12.4 Å². The Morgan fingerprint density at radius 2 is 2.00 bits per heavy atom. The lowest BCUT2D eigenvalue weighted by atomic mass is 9.97. The van der Waals surface area contributed by atoms with Gasteiger partial charge in [-0.1, -0.05) is 30.3 Å². The summed E-state index contributed by atoms with van der Waals surface area (Å²) in [6.45, 7) is 0.215. The summed E-state index contributed by atoms with van der Waals surface area (Å²) in [5.74, 6) is -0.305. The van der Waals surface area contributed by atoms with E-state index < -0.39 is 15.8 Å². The summed E-state index contributed by atoms with van der Waals surface area (Å²) in [6.07, 6.45) is 0.511. The highest BCUT2D eigenvalue weighted by Gasteiger charge is 2.34. The molecule has 2 atom stereocenters. The Morgan fingerprint density at radius 1 is 1.38 bits per heavy atom. The first-order chi connectivity index (χ1) is 9.44. The van der Waals surface area contributed by atoms with Gasteiger partial charge in [0.2, 0.25) is 5.91 Å². The molecule has 1 aromatic carbocycles. The topological polar surface area (TPSA) is 80.5 Å². The second-order valence-corrected chi connectivity index (χ2v) is 7.43. The number of benzene rings is 1. The first kappa shape index (κ1) is 17.9. The Hall–Kier alpha value is -1.11. The van der Waals surface area contributed by atoms with Crippen molar-refractivity contribution in [2.24, 2.45) is 5.73 Å². The predicted molar refractivity (Wildman–Crippen MR) is 85.3 cm³/mol. The van der Waals surface area contributed by atoms with E-state index in [9.17, 15) is 13.2 Å². The van der Waals surface area contributed by atoms with Crippen molar-refractivity contribution >= 4 is 28.2 Å². The molecule has 1 saturated heterocycles. The van der Waals surface area contributed by atoms with Crippen molar-refractivity contribution in [3.63, 3.8) is 0 Å². The Bertz CT molecular complexity index is 577. The van der Waals surface area contributed by atoms with Crippen LogP contribution in [-0.2, 0) is 14.6 Å². The van der Waals surface area contributed by atoms with E-state index in [1.165, 1.54) is 0 Å². The zero-order chi connectivity index (χ0) is 14.8. The molecular formula is C14H21ClN2O3S. The molecule has 2 rings (SSSR count). The first-order valence-corrected chi connectivity index (χ1v) is 8.49. The van der Waals surface area contributed by atoms with Crippen molar-refractivity contribution in [1.29, 1.82) is 0 Å². The number of carbonyl (C=O) groups excluding carboxylic acids is 1. The molecule has 1 fully saturated rings. The van der Waals surface area contributed by atoms with Gasteiger partial charge >= 0.3 is 0 Å². The number of amides is 1. The minimum atomic E-state index is -3.00. The summed E-state index contributed by atoms with van der Waals surface area (Å²) in [5, 5.41) is 0. The van der Waals surface area contributed by atoms with E-state index in [4.69, 9.17) is 5.73 Å². The fourth-order valence-electron chi connectivity index (χ4n) is 2.57. The maximum absolute atomic E-state index is 12.5. The van der Waals surface area contributed by atoms with Crippen LogP contribution in [0, 0.1) is 0 Å². The normalized spacial score (nSPS) is 21.3. The Labute approximate surface area is 131 Å². The fourth-order valence-corrected chi connectivity index (χ4v) is 4.35. The van der Waals surface area contributed by atoms with Gasteiger partial charge < -0.3 is 10.6 Å². The molecule has 0 bridgehead atoms. The first-order valence-electron chi connectivity index (χ1n) is 6.66. The predicted octanol–water partition coefficient (Wildman–Crippen LogP) is 0.796. The highest BCUT2D eigenvalue weighted by atomic mass is 35.5. The standard InChI is InChI=1S/C14H20N2O3S.ClH/c1-16(12-7-8-20(18,19)10-12)14(17)13(9-15)11-5-3-2-4-6-11;/h2-6,12-13H,7-10,15H2,1H3;1H. The molecule has 1 heterocycles. The largest absolute Gasteiger partial charge is 0.341 e. The van der Waals surface area contributed by atoms with Gasteiger partial charge in [-0.2, -0.15) is 0 Å². The number of sulfone groups is 1. The van der Waals surface area contributed by atoms with Crippen LogP contribution in [0.5, 0.6) is 0 Å². The molecule has 0 aromatic heterocycles. The number of nitrogens with zero attached hydrogens (tertiary/aromatic N) is 1. The second-order valence-electron chi connectivity index (χ2n) is 5.20. The molecule has 2 N–H and O–H groups in total. The average molecular weight is 333 g/mol. The molecule has 5 nitrogen and oxygen atoms in total. The number of likely N-dealkylation sites (N-methyl/N-ethyl adjacent to an activating group) is 1. The number of nitrogens with two attached hydrogens (primary N) is 1. The van der Waals surface area contributed by atoms with Crippen molar-refractivity contribution in [1.82, 2.24) is 4.90 Å². The quantitative estimate of drug-likeness (QED) is 0.884. The van der Waals surface area contributed by atoms with Crippen molar-refractivity contribution in [3.05, 3.63) is 35.9 Å². The van der Waals surface area contributed by atoms with E-state index in [1.54, 1.807) is 11.9 Å². The zero-order valence-corrected chi connectivity index (χ0v) is 13.6. The third-order valence-corrected chi connectivity index (χ3v) is 5.59. The van der Waals surface area contributed by atoms with Crippen LogP contribution in [0.15, 0.2) is 30.3 Å². The van der Waals surface area contributed by atoms with E-state index in [1.807, 2.05) is 30.3 Å². The van der Waals surface area contributed by atoms with Gasteiger partial charge in [-0.05, 0) is 12.0 Å². The number of halogens is 1. The third kappa shape index (κ3) is 4.18. The lowest BCUT2D eigenvalue weighted by Gasteiger charge is -2.27.